The Morgan fingerprint density at radius 3 is 3.00 bits per heavy atom. The van der Waals surface area contributed by atoms with Gasteiger partial charge in [0.05, 0.1) is 18.5 Å². The Hall–Kier alpha value is -2.12. The summed E-state index contributed by atoms with van der Waals surface area (Å²) in [6.45, 7) is 0. The predicted molar refractivity (Wildman–Crippen MR) is 65.2 cm³/mol. The first kappa shape index (κ1) is 11.4. The smallest absolute Gasteiger partial charge is 0.163 e. The number of nitriles is 1. The minimum atomic E-state index is -0.603. The van der Waals surface area contributed by atoms with Gasteiger partial charge in [0.2, 0.25) is 0 Å². The lowest BCUT2D eigenvalue weighted by molar-refractivity contribution is -0.119. The average molecular weight is 227 g/mol. The molecular formula is C13H13N3O. The highest BCUT2D eigenvalue weighted by molar-refractivity contribution is 5.88. The largest absolute Gasteiger partial charge is 0.361 e. The minimum absolute atomic E-state index is 0.122. The van der Waals surface area contributed by atoms with Gasteiger partial charge in [-0.3, -0.25) is 4.79 Å². The van der Waals surface area contributed by atoms with Gasteiger partial charge < -0.3 is 10.7 Å². The zero-order chi connectivity index (χ0) is 12.3. The number of ketones is 1. The molecule has 4 heteroatoms. The van der Waals surface area contributed by atoms with Crippen LogP contribution in [0.5, 0.6) is 0 Å². The second kappa shape index (κ2) is 4.81. The topological polar surface area (TPSA) is 82.7 Å². The molecule has 1 aromatic heterocycles. The molecule has 0 aliphatic rings. The number of para-hydroxylation sites is 1. The Balaban J connectivity index is 2.19. The second-order valence-corrected chi connectivity index (χ2v) is 3.97. The molecule has 1 heterocycles. The number of fused-ring (bicyclic) bond motifs is 1. The molecule has 0 aliphatic heterocycles. The van der Waals surface area contributed by atoms with Crippen molar-refractivity contribution in [2.45, 2.75) is 18.9 Å². The van der Waals surface area contributed by atoms with E-state index < -0.39 is 6.04 Å². The monoisotopic (exact) mass is 227 g/mol. The van der Waals surface area contributed by atoms with Gasteiger partial charge >= 0.3 is 0 Å². The SMILES string of the molecule is N#CCC(=O)[C@@H](N)Cc1c[nH]c2ccccc12. The number of carbonyl (C=O) groups is 1. The summed E-state index contributed by atoms with van der Waals surface area (Å²) in [5, 5.41) is 9.53. The zero-order valence-electron chi connectivity index (χ0n) is 9.31. The Labute approximate surface area is 99.0 Å². The lowest BCUT2D eigenvalue weighted by atomic mass is 10.0. The van der Waals surface area contributed by atoms with Crippen molar-refractivity contribution in [1.82, 2.24) is 4.98 Å². The van der Waals surface area contributed by atoms with E-state index in [0.717, 1.165) is 16.5 Å². The highest BCUT2D eigenvalue weighted by atomic mass is 16.1. The molecule has 0 saturated carbocycles. The summed E-state index contributed by atoms with van der Waals surface area (Å²) in [6, 6.07) is 9.08. The van der Waals surface area contributed by atoms with E-state index in [9.17, 15) is 4.79 Å². The van der Waals surface area contributed by atoms with E-state index >= 15 is 0 Å². The Morgan fingerprint density at radius 1 is 1.47 bits per heavy atom. The van der Waals surface area contributed by atoms with Gasteiger partial charge in [-0.15, -0.1) is 0 Å². The van der Waals surface area contributed by atoms with Crippen LogP contribution >= 0.6 is 0 Å². The van der Waals surface area contributed by atoms with Crippen LogP contribution in [0.25, 0.3) is 10.9 Å². The third-order valence-corrected chi connectivity index (χ3v) is 2.78. The maximum atomic E-state index is 11.4. The molecule has 4 nitrogen and oxygen atoms in total. The van der Waals surface area contributed by atoms with Crippen LogP contribution in [0.1, 0.15) is 12.0 Å². The van der Waals surface area contributed by atoms with Crippen molar-refractivity contribution >= 4 is 16.7 Å². The molecule has 0 aliphatic carbocycles. The first-order chi connectivity index (χ1) is 8.22. The fraction of sp³-hybridized carbons (Fsp3) is 0.231. The lowest BCUT2D eigenvalue weighted by Crippen LogP contribution is -2.32. The summed E-state index contributed by atoms with van der Waals surface area (Å²) in [6.07, 6.45) is 2.21. The number of hydrogen-bond donors (Lipinski definition) is 2. The van der Waals surface area contributed by atoms with Gasteiger partial charge in [0.15, 0.2) is 5.78 Å². The molecule has 0 unspecified atom stereocenters. The number of aromatic nitrogens is 1. The van der Waals surface area contributed by atoms with Crippen LogP contribution in [-0.4, -0.2) is 16.8 Å². The number of aromatic amines is 1. The van der Waals surface area contributed by atoms with E-state index in [2.05, 4.69) is 4.98 Å². The fourth-order valence-corrected chi connectivity index (χ4v) is 1.86. The maximum Gasteiger partial charge on any atom is 0.163 e. The first-order valence-electron chi connectivity index (χ1n) is 5.42. The molecule has 1 atom stereocenters. The van der Waals surface area contributed by atoms with Crippen LogP contribution in [-0.2, 0) is 11.2 Å². The predicted octanol–water partition coefficient (Wildman–Crippen LogP) is 1.52. The number of hydrogen-bond acceptors (Lipinski definition) is 3. The molecule has 0 bridgehead atoms. The normalized spacial score (nSPS) is 12.2. The van der Waals surface area contributed by atoms with Gasteiger partial charge in [-0.05, 0) is 18.1 Å². The molecule has 0 fully saturated rings. The van der Waals surface area contributed by atoms with Crippen LogP contribution < -0.4 is 5.73 Å². The molecule has 17 heavy (non-hydrogen) atoms. The molecule has 1 aromatic carbocycles. The highest BCUT2D eigenvalue weighted by Gasteiger charge is 2.15. The van der Waals surface area contributed by atoms with Crippen molar-refractivity contribution < 1.29 is 4.79 Å². The summed E-state index contributed by atoms with van der Waals surface area (Å²) in [5.41, 5.74) is 7.81. The maximum absolute atomic E-state index is 11.4. The summed E-state index contributed by atoms with van der Waals surface area (Å²) in [4.78, 5) is 14.6. The summed E-state index contributed by atoms with van der Waals surface area (Å²) in [7, 11) is 0. The standard InChI is InChI=1S/C13H13N3O/c14-6-5-13(17)11(15)7-9-8-16-12-4-2-1-3-10(9)12/h1-4,8,11,16H,5,7,15H2/t11-/m0/s1. The molecule has 2 aromatic rings. The number of H-pyrrole nitrogens is 1. The second-order valence-electron chi connectivity index (χ2n) is 3.97. The summed E-state index contributed by atoms with van der Waals surface area (Å²) >= 11 is 0. The molecule has 0 spiro atoms. The molecule has 0 saturated heterocycles. The number of benzene rings is 1. The van der Waals surface area contributed by atoms with Crippen molar-refractivity contribution in [2.75, 3.05) is 0 Å². The van der Waals surface area contributed by atoms with E-state index in [0.29, 0.717) is 6.42 Å². The van der Waals surface area contributed by atoms with E-state index in [4.69, 9.17) is 11.0 Å². The van der Waals surface area contributed by atoms with Crippen LogP contribution in [0.15, 0.2) is 30.5 Å². The van der Waals surface area contributed by atoms with Crippen molar-refractivity contribution in [1.29, 1.82) is 5.26 Å². The van der Waals surface area contributed by atoms with Crippen LogP contribution in [0.4, 0.5) is 0 Å². The number of rotatable bonds is 4. The average Bonchev–Trinajstić information content (AvgIpc) is 2.73. The Kier molecular flexibility index (Phi) is 3.22. The third-order valence-electron chi connectivity index (χ3n) is 2.78. The van der Waals surface area contributed by atoms with Crippen LogP contribution in [0.2, 0.25) is 0 Å². The van der Waals surface area contributed by atoms with E-state index in [1.807, 2.05) is 36.5 Å². The third kappa shape index (κ3) is 2.35. The van der Waals surface area contributed by atoms with Crippen molar-refractivity contribution in [2.24, 2.45) is 5.73 Å². The van der Waals surface area contributed by atoms with E-state index in [-0.39, 0.29) is 12.2 Å². The van der Waals surface area contributed by atoms with Gasteiger partial charge in [0, 0.05) is 17.1 Å². The molecule has 0 amide bonds. The molecule has 2 rings (SSSR count). The van der Waals surface area contributed by atoms with Gasteiger partial charge in [-0.2, -0.15) is 5.26 Å². The van der Waals surface area contributed by atoms with E-state index in [1.54, 1.807) is 0 Å². The van der Waals surface area contributed by atoms with Gasteiger partial charge in [0.25, 0.3) is 0 Å². The summed E-state index contributed by atoms with van der Waals surface area (Å²) in [5.74, 6) is -0.210. The number of nitrogens with two attached hydrogens (primary N) is 1. The van der Waals surface area contributed by atoms with Crippen LogP contribution in [0, 0.1) is 11.3 Å². The van der Waals surface area contributed by atoms with Gasteiger partial charge in [-0.25, -0.2) is 0 Å². The Bertz CT molecular complexity index is 580. The quantitative estimate of drug-likeness (QED) is 0.830. The van der Waals surface area contributed by atoms with Gasteiger partial charge in [0.1, 0.15) is 0 Å². The van der Waals surface area contributed by atoms with Crippen molar-refractivity contribution in [3.8, 4) is 6.07 Å². The Morgan fingerprint density at radius 2 is 2.24 bits per heavy atom. The highest BCUT2D eigenvalue weighted by Crippen LogP contribution is 2.18. The molecule has 3 N–H and O–H groups in total. The molecular weight excluding hydrogens is 214 g/mol. The number of Topliss-reactive ketones (excluding diaryl/α,β-unsaturated/α-hetero) is 1. The molecule has 0 radical (unpaired) electrons. The summed E-state index contributed by atoms with van der Waals surface area (Å²) < 4.78 is 0. The minimum Gasteiger partial charge on any atom is -0.361 e. The van der Waals surface area contributed by atoms with Crippen molar-refractivity contribution in [3.63, 3.8) is 0 Å². The first-order valence-corrected chi connectivity index (χ1v) is 5.42. The number of nitrogens with one attached hydrogen (secondary N) is 1. The number of carbonyl (C=O) groups excluding carboxylic acids is 1. The zero-order valence-corrected chi connectivity index (χ0v) is 9.31. The van der Waals surface area contributed by atoms with E-state index in [1.165, 1.54) is 0 Å². The van der Waals surface area contributed by atoms with Crippen LogP contribution in [0.3, 0.4) is 0 Å². The fourth-order valence-electron chi connectivity index (χ4n) is 1.86. The lowest BCUT2D eigenvalue weighted by Gasteiger charge is -2.07. The number of nitrogens with zero attached hydrogens (tertiary/aromatic N) is 1. The van der Waals surface area contributed by atoms with Crippen molar-refractivity contribution in [3.05, 3.63) is 36.0 Å². The van der Waals surface area contributed by atoms with Gasteiger partial charge in [-0.1, -0.05) is 18.2 Å². The molecule has 86 valence electrons.